The van der Waals surface area contributed by atoms with Crippen LogP contribution in [0.2, 0.25) is 0 Å². The Morgan fingerprint density at radius 2 is 2.04 bits per heavy atom. The normalized spacial score (nSPS) is 29.3. The van der Waals surface area contributed by atoms with Crippen molar-refractivity contribution in [1.29, 1.82) is 0 Å². The van der Waals surface area contributed by atoms with Crippen molar-refractivity contribution in [3.05, 3.63) is 34.7 Å². The summed E-state index contributed by atoms with van der Waals surface area (Å²) in [5.74, 6) is 1.89. The summed E-state index contributed by atoms with van der Waals surface area (Å²) in [7, 11) is 0. The fraction of sp³-hybridized carbons (Fsp3) is 0.579. The molecule has 2 bridgehead atoms. The Morgan fingerprint density at radius 3 is 2.61 bits per heavy atom. The van der Waals surface area contributed by atoms with Gasteiger partial charge in [-0.25, -0.2) is 0 Å². The molecule has 3 atom stereocenters. The number of hydrogen-bond donors (Lipinski definition) is 2. The van der Waals surface area contributed by atoms with Gasteiger partial charge in [-0.1, -0.05) is 12.2 Å². The Kier molecular flexibility index (Phi) is 3.09. The maximum absolute atomic E-state index is 12.6. The molecule has 0 unspecified atom stereocenters. The third kappa shape index (κ3) is 2.03. The average Bonchev–Trinajstić information content (AvgIpc) is 3.07. The second-order valence-corrected chi connectivity index (χ2v) is 7.64. The summed E-state index contributed by atoms with van der Waals surface area (Å²) in [4.78, 5) is 27.3. The second kappa shape index (κ2) is 4.83. The standard InChI is InChI=1S/C19H24N2O2/c1-10-16(11(2)21-17(10)12(3)22)18(23)20-9-13-8-14-4-5-15(13)19(14)6-7-19/h4-5,13-15,21H,6-9H2,1-3H3,(H,20,23)/t13-,14-,15-/m0/s1. The van der Waals surface area contributed by atoms with Crippen molar-refractivity contribution in [2.75, 3.05) is 6.54 Å². The van der Waals surface area contributed by atoms with Crippen LogP contribution in [0.15, 0.2) is 12.2 Å². The molecule has 122 valence electrons. The molecular formula is C19H24N2O2. The minimum atomic E-state index is -0.0552. The molecule has 0 aromatic carbocycles. The SMILES string of the molecule is CC(=O)c1[nH]c(C)c(C(=O)NC[C@@H]2C[C@@H]3C=C[C@@H]2C32CC2)c1C. The van der Waals surface area contributed by atoms with E-state index in [0.29, 0.717) is 28.5 Å². The van der Waals surface area contributed by atoms with E-state index >= 15 is 0 Å². The molecule has 23 heavy (non-hydrogen) atoms. The first-order valence-corrected chi connectivity index (χ1v) is 8.60. The van der Waals surface area contributed by atoms with Gasteiger partial charge >= 0.3 is 0 Å². The molecule has 4 nitrogen and oxygen atoms in total. The Labute approximate surface area is 136 Å². The van der Waals surface area contributed by atoms with Gasteiger partial charge in [0, 0.05) is 19.2 Å². The predicted octanol–water partition coefficient (Wildman–Crippen LogP) is 3.17. The highest BCUT2D eigenvalue weighted by atomic mass is 16.1. The lowest BCUT2D eigenvalue weighted by atomic mass is 9.89. The molecule has 4 heteroatoms. The Hall–Kier alpha value is -1.84. The summed E-state index contributed by atoms with van der Waals surface area (Å²) in [6.45, 7) is 5.96. The van der Waals surface area contributed by atoms with E-state index in [9.17, 15) is 9.59 Å². The third-order valence-electron chi connectivity index (χ3n) is 6.39. The van der Waals surface area contributed by atoms with Crippen molar-refractivity contribution < 1.29 is 9.59 Å². The van der Waals surface area contributed by atoms with Crippen LogP contribution in [0.4, 0.5) is 0 Å². The zero-order valence-corrected chi connectivity index (χ0v) is 14.0. The lowest BCUT2D eigenvalue weighted by Gasteiger charge is -2.20. The minimum absolute atomic E-state index is 0.0291. The summed E-state index contributed by atoms with van der Waals surface area (Å²) in [5.41, 5.74) is 3.29. The number of rotatable bonds is 4. The number of carbonyl (C=O) groups excluding carboxylic acids is 2. The van der Waals surface area contributed by atoms with Crippen molar-refractivity contribution in [1.82, 2.24) is 10.3 Å². The van der Waals surface area contributed by atoms with Crippen molar-refractivity contribution in [2.24, 2.45) is 23.2 Å². The molecule has 2 fully saturated rings. The van der Waals surface area contributed by atoms with Crippen LogP contribution in [-0.2, 0) is 0 Å². The molecule has 1 aromatic heterocycles. The van der Waals surface area contributed by atoms with Gasteiger partial charge in [0.1, 0.15) is 0 Å². The maximum atomic E-state index is 12.6. The fourth-order valence-corrected chi connectivity index (χ4v) is 5.11. The molecule has 2 saturated carbocycles. The number of ketones is 1. The van der Waals surface area contributed by atoms with Crippen LogP contribution >= 0.6 is 0 Å². The van der Waals surface area contributed by atoms with Gasteiger partial charge in [-0.3, -0.25) is 9.59 Å². The van der Waals surface area contributed by atoms with Gasteiger partial charge in [-0.2, -0.15) is 0 Å². The second-order valence-electron chi connectivity index (χ2n) is 7.64. The molecule has 2 N–H and O–H groups in total. The van der Waals surface area contributed by atoms with Gasteiger partial charge in [0.15, 0.2) is 5.78 Å². The lowest BCUT2D eigenvalue weighted by molar-refractivity contribution is 0.0943. The van der Waals surface area contributed by atoms with Crippen molar-refractivity contribution >= 4 is 11.7 Å². The third-order valence-corrected chi connectivity index (χ3v) is 6.39. The van der Waals surface area contributed by atoms with Crippen LogP contribution < -0.4 is 5.32 Å². The molecule has 0 aliphatic heterocycles. The summed E-state index contributed by atoms with van der Waals surface area (Å²) < 4.78 is 0. The zero-order valence-electron chi connectivity index (χ0n) is 14.0. The number of carbonyl (C=O) groups is 2. The quantitative estimate of drug-likeness (QED) is 0.662. The van der Waals surface area contributed by atoms with Crippen LogP contribution in [-0.4, -0.2) is 23.2 Å². The average molecular weight is 312 g/mol. The molecule has 3 aliphatic rings. The number of allylic oxidation sites excluding steroid dienone is 2. The zero-order chi connectivity index (χ0) is 16.4. The first-order chi connectivity index (χ1) is 10.9. The lowest BCUT2D eigenvalue weighted by Crippen LogP contribution is -2.32. The van der Waals surface area contributed by atoms with Crippen LogP contribution in [0.5, 0.6) is 0 Å². The Morgan fingerprint density at radius 1 is 1.30 bits per heavy atom. The first kappa shape index (κ1) is 14.7. The van der Waals surface area contributed by atoms with E-state index in [4.69, 9.17) is 0 Å². The fourth-order valence-electron chi connectivity index (χ4n) is 5.11. The highest BCUT2D eigenvalue weighted by Gasteiger charge is 2.62. The number of Topliss-reactive ketones (excluding diaryl/α,β-unsaturated/α-hetero) is 1. The topological polar surface area (TPSA) is 62.0 Å². The van der Waals surface area contributed by atoms with Crippen LogP contribution in [0.25, 0.3) is 0 Å². The van der Waals surface area contributed by atoms with Gasteiger partial charge < -0.3 is 10.3 Å². The Bertz CT molecular complexity index is 724. The number of aromatic nitrogens is 1. The summed E-state index contributed by atoms with van der Waals surface area (Å²) in [6, 6.07) is 0. The van der Waals surface area contributed by atoms with Crippen LogP contribution in [0.1, 0.15) is 58.3 Å². The number of amides is 1. The number of aromatic amines is 1. The minimum Gasteiger partial charge on any atom is -0.355 e. The molecule has 0 saturated heterocycles. The van der Waals surface area contributed by atoms with E-state index in [1.165, 1.54) is 26.2 Å². The van der Waals surface area contributed by atoms with Gasteiger partial charge in [-0.15, -0.1) is 0 Å². The number of H-pyrrole nitrogens is 1. The van der Waals surface area contributed by atoms with Crippen molar-refractivity contribution in [3.63, 3.8) is 0 Å². The number of aryl methyl sites for hydroxylation is 1. The van der Waals surface area contributed by atoms with E-state index in [1.807, 2.05) is 13.8 Å². The van der Waals surface area contributed by atoms with Crippen LogP contribution in [0.3, 0.4) is 0 Å². The van der Waals surface area contributed by atoms with Gasteiger partial charge in [0.25, 0.3) is 5.91 Å². The molecule has 3 aliphatic carbocycles. The summed E-state index contributed by atoms with van der Waals surface area (Å²) >= 11 is 0. The van der Waals surface area contributed by atoms with Crippen LogP contribution in [0, 0.1) is 37.0 Å². The first-order valence-electron chi connectivity index (χ1n) is 8.60. The van der Waals surface area contributed by atoms with E-state index in [-0.39, 0.29) is 11.7 Å². The highest BCUT2D eigenvalue weighted by Crippen LogP contribution is 2.69. The van der Waals surface area contributed by atoms with Crippen molar-refractivity contribution in [3.8, 4) is 0 Å². The van der Waals surface area contributed by atoms with E-state index in [2.05, 4.69) is 22.5 Å². The van der Waals surface area contributed by atoms with Crippen molar-refractivity contribution in [2.45, 2.75) is 40.0 Å². The molecule has 1 aromatic rings. The monoisotopic (exact) mass is 312 g/mol. The van der Waals surface area contributed by atoms with E-state index in [0.717, 1.165) is 23.7 Å². The van der Waals surface area contributed by atoms with Gasteiger partial charge in [-0.05, 0) is 61.8 Å². The predicted molar refractivity (Wildman–Crippen MR) is 88.5 cm³/mol. The molecule has 4 rings (SSSR count). The summed E-state index contributed by atoms with van der Waals surface area (Å²) in [5, 5.41) is 3.12. The molecular weight excluding hydrogens is 288 g/mol. The summed E-state index contributed by atoms with van der Waals surface area (Å²) in [6.07, 6.45) is 8.72. The van der Waals surface area contributed by atoms with Gasteiger partial charge in [0.2, 0.25) is 0 Å². The molecule has 1 amide bonds. The molecule has 1 spiro atoms. The van der Waals surface area contributed by atoms with Gasteiger partial charge in [0.05, 0.1) is 11.3 Å². The van der Waals surface area contributed by atoms with E-state index < -0.39 is 0 Å². The maximum Gasteiger partial charge on any atom is 0.253 e. The number of hydrogen-bond acceptors (Lipinski definition) is 2. The molecule has 1 heterocycles. The highest BCUT2D eigenvalue weighted by molar-refractivity contribution is 6.02. The van der Waals surface area contributed by atoms with E-state index in [1.54, 1.807) is 0 Å². The largest absolute Gasteiger partial charge is 0.355 e. The smallest absolute Gasteiger partial charge is 0.253 e. The Balaban J connectivity index is 1.45. The number of nitrogens with one attached hydrogen (secondary N) is 2. The molecule has 0 radical (unpaired) electrons.